The van der Waals surface area contributed by atoms with Crippen LogP contribution in [0.3, 0.4) is 0 Å². The molecule has 1 atom stereocenters. The molecule has 1 amide bonds. The van der Waals surface area contributed by atoms with Gasteiger partial charge in [-0.1, -0.05) is 65.9 Å². The molecule has 3 aromatic carbocycles. The summed E-state index contributed by atoms with van der Waals surface area (Å²) in [6.07, 6.45) is 1.78. The van der Waals surface area contributed by atoms with Gasteiger partial charge in [-0.05, 0) is 48.4 Å². The molecule has 6 rings (SSSR count). The SMILES string of the molecule is CCOC(=O)C1=C(c2ccccc2)N=c2s/c(=C/c3ccc(OCC(=O)N4CCOCC4)cc3)c(=O)n2[C@H]1c1cccc(OC)c1. The van der Waals surface area contributed by atoms with E-state index in [9.17, 15) is 14.4 Å². The van der Waals surface area contributed by atoms with Gasteiger partial charge in [0.15, 0.2) is 11.4 Å². The van der Waals surface area contributed by atoms with Crippen LogP contribution in [0.4, 0.5) is 0 Å². The zero-order chi connectivity index (χ0) is 32.0. The standard InChI is InChI=1S/C35H33N3O7S/c1-3-44-34(41)30-31(24-8-5-4-6-9-24)36-35-38(32(30)25-10-7-11-27(21-25)42-2)33(40)28(46-35)20-23-12-14-26(15-13-23)45-22-29(39)37-16-18-43-19-17-37/h4-15,20-21,32H,3,16-19,22H2,1-2H3/b28-20+/t32-/m0/s1. The van der Waals surface area contributed by atoms with E-state index in [1.165, 1.54) is 11.3 Å². The highest BCUT2D eigenvalue weighted by molar-refractivity contribution is 7.07. The summed E-state index contributed by atoms with van der Waals surface area (Å²) in [6, 6.07) is 23.1. The number of ether oxygens (including phenoxy) is 4. The average molecular weight is 640 g/mol. The number of benzene rings is 3. The highest BCUT2D eigenvalue weighted by atomic mass is 32.1. The highest BCUT2D eigenvalue weighted by Crippen LogP contribution is 2.36. The van der Waals surface area contributed by atoms with E-state index in [0.717, 1.165) is 11.1 Å². The smallest absolute Gasteiger partial charge is 0.338 e. The molecule has 2 aliphatic heterocycles. The van der Waals surface area contributed by atoms with Crippen LogP contribution in [0.2, 0.25) is 0 Å². The molecule has 1 fully saturated rings. The molecular weight excluding hydrogens is 606 g/mol. The zero-order valence-electron chi connectivity index (χ0n) is 25.5. The van der Waals surface area contributed by atoms with Crippen molar-refractivity contribution in [1.82, 2.24) is 9.47 Å². The molecule has 0 bridgehead atoms. The molecule has 0 radical (unpaired) electrons. The summed E-state index contributed by atoms with van der Waals surface area (Å²) in [5.41, 5.74) is 2.62. The largest absolute Gasteiger partial charge is 0.497 e. The fourth-order valence-electron chi connectivity index (χ4n) is 5.43. The molecule has 0 aliphatic carbocycles. The molecule has 4 aromatic rings. The van der Waals surface area contributed by atoms with Crippen LogP contribution in [-0.4, -0.2) is 68.0 Å². The molecule has 1 aromatic heterocycles. The molecule has 0 saturated carbocycles. The average Bonchev–Trinajstić information content (AvgIpc) is 3.41. The number of nitrogens with zero attached hydrogens (tertiary/aromatic N) is 3. The van der Waals surface area contributed by atoms with Gasteiger partial charge < -0.3 is 23.8 Å². The van der Waals surface area contributed by atoms with E-state index >= 15 is 0 Å². The molecule has 3 heterocycles. The number of hydrogen-bond donors (Lipinski definition) is 0. The lowest BCUT2D eigenvalue weighted by Gasteiger charge is -2.26. The summed E-state index contributed by atoms with van der Waals surface area (Å²) >= 11 is 1.24. The van der Waals surface area contributed by atoms with Gasteiger partial charge in [0.05, 0.1) is 48.8 Å². The summed E-state index contributed by atoms with van der Waals surface area (Å²) in [5.74, 6) is 0.505. The summed E-state index contributed by atoms with van der Waals surface area (Å²) in [7, 11) is 1.57. The molecule has 0 unspecified atom stereocenters. The lowest BCUT2D eigenvalue weighted by molar-refractivity contribution is -0.139. The predicted molar refractivity (Wildman–Crippen MR) is 173 cm³/mol. The minimum Gasteiger partial charge on any atom is -0.497 e. The Bertz CT molecular complexity index is 1940. The fraction of sp³-hybridized carbons (Fsp3) is 0.257. The van der Waals surface area contributed by atoms with Gasteiger partial charge in [0, 0.05) is 18.7 Å². The Balaban J connectivity index is 1.39. The van der Waals surface area contributed by atoms with E-state index in [4.69, 9.17) is 23.9 Å². The Labute approximate surface area is 269 Å². The molecule has 10 nitrogen and oxygen atoms in total. The van der Waals surface area contributed by atoms with Crippen LogP contribution < -0.4 is 24.4 Å². The maximum absolute atomic E-state index is 14.1. The fourth-order valence-corrected chi connectivity index (χ4v) is 6.43. The molecule has 11 heteroatoms. The molecule has 46 heavy (non-hydrogen) atoms. The normalized spacial score (nSPS) is 16.4. The number of thiazole rings is 1. The number of hydrogen-bond acceptors (Lipinski definition) is 9. The second-order valence-electron chi connectivity index (χ2n) is 10.6. The van der Waals surface area contributed by atoms with Crippen LogP contribution in [0.5, 0.6) is 11.5 Å². The Kier molecular flexibility index (Phi) is 9.41. The Morgan fingerprint density at radius 3 is 2.48 bits per heavy atom. The summed E-state index contributed by atoms with van der Waals surface area (Å²) < 4.78 is 24.0. The second kappa shape index (κ2) is 14.0. The van der Waals surface area contributed by atoms with Crippen molar-refractivity contribution in [3.63, 3.8) is 0 Å². The van der Waals surface area contributed by atoms with Gasteiger partial charge in [-0.25, -0.2) is 9.79 Å². The second-order valence-corrected chi connectivity index (χ2v) is 11.6. The molecule has 0 spiro atoms. The number of fused-ring (bicyclic) bond motifs is 1. The number of methoxy groups -OCH3 is 1. The van der Waals surface area contributed by atoms with Crippen LogP contribution in [0, 0.1) is 0 Å². The third-order valence-corrected chi connectivity index (χ3v) is 8.67. The molecule has 236 valence electrons. The van der Waals surface area contributed by atoms with Gasteiger partial charge in [-0.3, -0.25) is 14.2 Å². The molecule has 2 aliphatic rings. The van der Waals surface area contributed by atoms with E-state index in [1.807, 2.05) is 66.7 Å². The van der Waals surface area contributed by atoms with Crippen molar-refractivity contribution >= 4 is 35.0 Å². The topological polar surface area (TPSA) is 109 Å². The van der Waals surface area contributed by atoms with Crippen LogP contribution in [-0.2, 0) is 19.1 Å². The van der Waals surface area contributed by atoms with Crippen molar-refractivity contribution in [2.24, 2.45) is 4.99 Å². The van der Waals surface area contributed by atoms with Gasteiger partial charge >= 0.3 is 5.97 Å². The number of aromatic nitrogens is 1. The lowest BCUT2D eigenvalue weighted by Crippen LogP contribution is -2.42. The summed E-state index contributed by atoms with van der Waals surface area (Å²) in [5, 5.41) is 0. The molecule has 1 saturated heterocycles. The maximum Gasteiger partial charge on any atom is 0.338 e. The van der Waals surface area contributed by atoms with Crippen molar-refractivity contribution in [1.29, 1.82) is 0 Å². The Morgan fingerprint density at radius 1 is 1.00 bits per heavy atom. The quantitative estimate of drug-likeness (QED) is 0.259. The van der Waals surface area contributed by atoms with Gasteiger partial charge in [0.1, 0.15) is 11.5 Å². The zero-order valence-corrected chi connectivity index (χ0v) is 26.3. The Hall–Kier alpha value is -5.00. The number of rotatable bonds is 9. The van der Waals surface area contributed by atoms with Gasteiger partial charge in [0.25, 0.3) is 11.5 Å². The third kappa shape index (κ3) is 6.51. The van der Waals surface area contributed by atoms with E-state index < -0.39 is 12.0 Å². The van der Waals surface area contributed by atoms with E-state index in [0.29, 0.717) is 58.4 Å². The van der Waals surface area contributed by atoms with Crippen LogP contribution in [0.1, 0.15) is 29.7 Å². The molecular formula is C35H33N3O7S. The summed E-state index contributed by atoms with van der Waals surface area (Å²) in [6.45, 7) is 4.04. The van der Waals surface area contributed by atoms with Crippen LogP contribution >= 0.6 is 11.3 Å². The number of morpholine rings is 1. The minimum absolute atomic E-state index is 0.0607. The Morgan fingerprint density at radius 2 is 1.76 bits per heavy atom. The van der Waals surface area contributed by atoms with E-state index in [2.05, 4.69) is 0 Å². The number of esters is 1. The van der Waals surface area contributed by atoms with Crippen molar-refractivity contribution in [3.05, 3.63) is 121 Å². The van der Waals surface area contributed by atoms with Crippen LogP contribution in [0.25, 0.3) is 11.8 Å². The highest BCUT2D eigenvalue weighted by Gasteiger charge is 2.35. The van der Waals surface area contributed by atoms with Crippen molar-refractivity contribution in [3.8, 4) is 11.5 Å². The molecule has 0 N–H and O–H groups in total. The van der Waals surface area contributed by atoms with Crippen LogP contribution in [0.15, 0.2) is 94.2 Å². The van der Waals surface area contributed by atoms with Gasteiger partial charge in [0.2, 0.25) is 0 Å². The monoisotopic (exact) mass is 639 g/mol. The van der Waals surface area contributed by atoms with Gasteiger partial charge in [-0.2, -0.15) is 0 Å². The van der Waals surface area contributed by atoms with E-state index in [-0.39, 0.29) is 30.3 Å². The van der Waals surface area contributed by atoms with Crippen molar-refractivity contribution < 1.29 is 28.5 Å². The van der Waals surface area contributed by atoms with Gasteiger partial charge in [-0.15, -0.1) is 0 Å². The predicted octanol–water partition coefficient (Wildman–Crippen LogP) is 3.18. The number of amides is 1. The first-order valence-electron chi connectivity index (χ1n) is 15.0. The number of carbonyl (C=O) groups excluding carboxylic acids is 2. The van der Waals surface area contributed by atoms with Crippen molar-refractivity contribution in [2.45, 2.75) is 13.0 Å². The first-order valence-corrected chi connectivity index (χ1v) is 15.8. The third-order valence-electron chi connectivity index (χ3n) is 7.69. The summed E-state index contributed by atoms with van der Waals surface area (Å²) in [4.78, 5) is 47.3. The first kappa shape index (κ1) is 31.0. The van der Waals surface area contributed by atoms with Crippen molar-refractivity contribution in [2.75, 3.05) is 46.6 Å². The first-order chi connectivity index (χ1) is 22.5. The number of carbonyl (C=O) groups is 2. The van der Waals surface area contributed by atoms with E-state index in [1.54, 1.807) is 41.7 Å². The maximum atomic E-state index is 14.1. The minimum atomic E-state index is -0.803. The lowest BCUT2D eigenvalue weighted by atomic mass is 9.93.